The van der Waals surface area contributed by atoms with Gasteiger partial charge in [0.1, 0.15) is 23.2 Å². The Hall–Kier alpha value is -4.54. The van der Waals surface area contributed by atoms with Gasteiger partial charge in [0, 0.05) is 37.1 Å². The van der Waals surface area contributed by atoms with Crippen molar-refractivity contribution in [3.05, 3.63) is 66.1 Å². The molecule has 0 radical (unpaired) electrons. The SMILES string of the molecule is CCCN(C)C(=O)c1cn2ncnc(N)c2c1-c1ccc(Nc2nc3c(F)cc(F)cc3[nH]2)cc1. The standard InChI is InChI=1S/C24H22F2N8O/c1-3-8-33(2)23(35)16-11-34-21(22(27)28-12-29-34)19(16)13-4-6-15(7-5-13)30-24-31-18-10-14(25)9-17(26)20(18)32-24/h4-7,9-12H,3,8H2,1-2H3,(H2,27,28,29)(H2,30,31,32). The molecule has 5 aromatic rings. The number of rotatable bonds is 6. The van der Waals surface area contributed by atoms with Crippen molar-refractivity contribution >= 4 is 39.9 Å². The summed E-state index contributed by atoms with van der Waals surface area (Å²) in [4.78, 5) is 26.0. The number of carbonyl (C=O) groups excluding carboxylic acids is 1. The average Bonchev–Trinajstić information content (AvgIpc) is 3.41. The largest absolute Gasteiger partial charge is 0.382 e. The summed E-state index contributed by atoms with van der Waals surface area (Å²) in [6.45, 7) is 2.61. The fourth-order valence-electron chi connectivity index (χ4n) is 4.09. The van der Waals surface area contributed by atoms with Crippen molar-refractivity contribution in [3.8, 4) is 11.1 Å². The van der Waals surface area contributed by atoms with E-state index in [0.717, 1.165) is 18.1 Å². The van der Waals surface area contributed by atoms with Crippen LogP contribution in [0.15, 0.2) is 48.9 Å². The fraction of sp³-hybridized carbons (Fsp3) is 0.167. The lowest BCUT2D eigenvalue weighted by molar-refractivity contribution is 0.0796. The zero-order chi connectivity index (χ0) is 24.7. The summed E-state index contributed by atoms with van der Waals surface area (Å²) < 4.78 is 29.0. The molecule has 35 heavy (non-hydrogen) atoms. The molecule has 1 amide bonds. The van der Waals surface area contributed by atoms with Crippen LogP contribution in [0.25, 0.3) is 27.7 Å². The minimum atomic E-state index is -0.745. The number of hydrogen-bond acceptors (Lipinski definition) is 6. The summed E-state index contributed by atoms with van der Waals surface area (Å²) in [5.41, 5.74) is 9.46. The van der Waals surface area contributed by atoms with Crippen molar-refractivity contribution < 1.29 is 13.6 Å². The second-order valence-electron chi connectivity index (χ2n) is 8.15. The minimum Gasteiger partial charge on any atom is -0.382 e. The molecule has 3 heterocycles. The van der Waals surface area contributed by atoms with Gasteiger partial charge in [0.15, 0.2) is 11.6 Å². The molecule has 0 atom stereocenters. The van der Waals surface area contributed by atoms with Gasteiger partial charge in [-0.25, -0.2) is 23.3 Å². The highest BCUT2D eigenvalue weighted by Crippen LogP contribution is 2.34. The Morgan fingerprint density at radius 1 is 1.23 bits per heavy atom. The summed E-state index contributed by atoms with van der Waals surface area (Å²) in [6.07, 6.45) is 3.82. The molecule has 11 heteroatoms. The van der Waals surface area contributed by atoms with Crippen molar-refractivity contribution in [1.82, 2.24) is 29.5 Å². The van der Waals surface area contributed by atoms with E-state index >= 15 is 0 Å². The van der Waals surface area contributed by atoms with Crippen molar-refractivity contribution in [2.45, 2.75) is 13.3 Å². The zero-order valence-electron chi connectivity index (χ0n) is 19.0. The number of aromatic amines is 1. The Morgan fingerprint density at radius 3 is 2.74 bits per heavy atom. The Balaban J connectivity index is 1.52. The number of H-pyrrole nitrogens is 1. The minimum absolute atomic E-state index is 0.0422. The Kier molecular flexibility index (Phi) is 5.51. The number of nitrogens with two attached hydrogens (primary N) is 1. The number of nitrogen functional groups attached to an aromatic ring is 1. The highest BCUT2D eigenvalue weighted by atomic mass is 19.1. The van der Waals surface area contributed by atoms with Gasteiger partial charge in [-0.05, 0) is 30.2 Å². The van der Waals surface area contributed by atoms with E-state index in [-0.39, 0.29) is 28.7 Å². The molecule has 3 aromatic heterocycles. The number of benzene rings is 2. The predicted octanol–water partition coefficient (Wildman–Crippen LogP) is 4.36. The van der Waals surface area contributed by atoms with Gasteiger partial charge >= 0.3 is 0 Å². The maximum atomic E-state index is 14.0. The van der Waals surface area contributed by atoms with Gasteiger partial charge < -0.3 is 20.9 Å². The number of imidazole rings is 1. The second kappa shape index (κ2) is 8.67. The van der Waals surface area contributed by atoms with E-state index in [2.05, 4.69) is 25.4 Å². The molecule has 0 bridgehead atoms. The number of anilines is 3. The quantitative estimate of drug-likeness (QED) is 0.335. The monoisotopic (exact) mass is 476 g/mol. The molecule has 0 saturated carbocycles. The van der Waals surface area contributed by atoms with Gasteiger partial charge in [-0.2, -0.15) is 5.10 Å². The van der Waals surface area contributed by atoms with E-state index in [1.807, 2.05) is 19.1 Å². The summed E-state index contributed by atoms with van der Waals surface area (Å²) in [5.74, 6) is -1.06. The van der Waals surface area contributed by atoms with E-state index in [1.54, 1.807) is 34.8 Å². The molecule has 0 aliphatic rings. The van der Waals surface area contributed by atoms with Crippen LogP contribution in [0, 0.1) is 11.6 Å². The van der Waals surface area contributed by atoms with Gasteiger partial charge in [0.05, 0.1) is 11.1 Å². The number of hydrogen-bond donors (Lipinski definition) is 3. The van der Waals surface area contributed by atoms with Crippen LogP contribution in [0.2, 0.25) is 0 Å². The first-order chi connectivity index (χ1) is 16.9. The van der Waals surface area contributed by atoms with Crippen molar-refractivity contribution in [2.75, 3.05) is 24.6 Å². The summed E-state index contributed by atoms with van der Waals surface area (Å²) in [6, 6.07) is 9.18. The zero-order valence-corrected chi connectivity index (χ0v) is 19.0. The molecule has 0 saturated heterocycles. The highest BCUT2D eigenvalue weighted by molar-refractivity contribution is 6.07. The van der Waals surface area contributed by atoms with E-state index in [0.29, 0.717) is 28.9 Å². The van der Waals surface area contributed by atoms with Gasteiger partial charge in [0.25, 0.3) is 5.91 Å². The van der Waals surface area contributed by atoms with Gasteiger partial charge in [-0.15, -0.1) is 0 Å². The third-order valence-corrected chi connectivity index (χ3v) is 5.68. The molecule has 0 aliphatic heterocycles. The molecule has 178 valence electrons. The Morgan fingerprint density at radius 2 is 2.00 bits per heavy atom. The lowest BCUT2D eigenvalue weighted by Crippen LogP contribution is -2.27. The van der Waals surface area contributed by atoms with Gasteiger partial charge in [0.2, 0.25) is 5.95 Å². The summed E-state index contributed by atoms with van der Waals surface area (Å²) in [5, 5.41) is 7.26. The molecule has 5 rings (SSSR count). The number of amides is 1. The molecule has 2 aromatic carbocycles. The predicted molar refractivity (Wildman–Crippen MR) is 129 cm³/mol. The van der Waals surface area contributed by atoms with E-state index < -0.39 is 11.6 Å². The van der Waals surface area contributed by atoms with Crippen LogP contribution in [-0.4, -0.2) is 49.0 Å². The Bertz CT molecular complexity index is 1560. The Labute approximate surface area is 198 Å². The molecule has 0 aliphatic carbocycles. The van der Waals surface area contributed by atoms with Crippen LogP contribution in [0.4, 0.5) is 26.2 Å². The summed E-state index contributed by atoms with van der Waals surface area (Å²) in [7, 11) is 1.75. The number of halogens is 2. The van der Waals surface area contributed by atoms with Crippen LogP contribution in [0.3, 0.4) is 0 Å². The number of aromatic nitrogens is 5. The molecule has 0 fully saturated rings. The van der Waals surface area contributed by atoms with Crippen LogP contribution in [-0.2, 0) is 0 Å². The molecular formula is C24H22F2N8O. The van der Waals surface area contributed by atoms with Crippen molar-refractivity contribution in [2.24, 2.45) is 0 Å². The van der Waals surface area contributed by atoms with Crippen LogP contribution < -0.4 is 11.1 Å². The lowest BCUT2D eigenvalue weighted by Gasteiger charge is -2.16. The molecular weight excluding hydrogens is 454 g/mol. The van der Waals surface area contributed by atoms with Crippen LogP contribution in [0.5, 0.6) is 0 Å². The fourth-order valence-corrected chi connectivity index (χ4v) is 4.09. The topological polar surface area (TPSA) is 117 Å². The van der Waals surface area contributed by atoms with Crippen molar-refractivity contribution in [3.63, 3.8) is 0 Å². The lowest BCUT2D eigenvalue weighted by atomic mass is 10.0. The maximum absolute atomic E-state index is 14.0. The maximum Gasteiger partial charge on any atom is 0.255 e. The first-order valence-corrected chi connectivity index (χ1v) is 10.9. The highest BCUT2D eigenvalue weighted by Gasteiger charge is 2.23. The molecule has 9 nitrogen and oxygen atoms in total. The smallest absolute Gasteiger partial charge is 0.255 e. The summed E-state index contributed by atoms with van der Waals surface area (Å²) >= 11 is 0. The van der Waals surface area contributed by atoms with Crippen LogP contribution in [0.1, 0.15) is 23.7 Å². The first-order valence-electron chi connectivity index (χ1n) is 10.9. The molecule has 4 N–H and O–H groups in total. The number of nitrogens with one attached hydrogen (secondary N) is 2. The third kappa shape index (κ3) is 4.01. The average molecular weight is 476 g/mol. The van der Waals surface area contributed by atoms with E-state index in [4.69, 9.17) is 5.73 Å². The molecule has 0 unspecified atom stereocenters. The van der Waals surface area contributed by atoms with Crippen molar-refractivity contribution in [1.29, 1.82) is 0 Å². The van der Waals surface area contributed by atoms with Gasteiger partial charge in [-0.1, -0.05) is 19.1 Å². The van der Waals surface area contributed by atoms with Crippen LogP contribution >= 0.6 is 0 Å². The van der Waals surface area contributed by atoms with E-state index in [9.17, 15) is 13.6 Å². The number of carbonyl (C=O) groups is 1. The number of nitrogens with zero attached hydrogens (tertiary/aromatic N) is 5. The third-order valence-electron chi connectivity index (χ3n) is 5.68. The number of fused-ring (bicyclic) bond motifs is 2. The first kappa shape index (κ1) is 22.3. The van der Waals surface area contributed by atoms with E-state index in [1.165, 1.54) is 12.4 Å². The molecule has 0 spiro atoms. The second-order valence-corrected chi connectivity index (χ2v) is 8.15. The van der Waals surface area contributed by atoms with Gasteiger partial charge in [-0.3, -0.25) is 4.79 Å². The normalized spacial score (nSPS) is 11.3.